The number of benzene rings is 1. The lowest BCUT2D eigenvalue weighted by molar-refractivity contribution is 0.414. The Morgan fingerprint density at radius 2 is 1.75 bits per heavy atom. The standard InChI is InChI=1S/C12H17NO.C2H6/c1-10-5-6-11(12(9-10)14-2)13-7-3-4-8-13;1-2/h5-6,9H,3-4,7-8H2,1-2H3;1-2H3. The molecule has 1 saturated heterocycles. The van der Waals surface area contributed by atoms with Gasteiger partial charge in [0.2, 0.25) is 0 Å². The highest BCUT2D eigenvalue weighted by atomic mass is 16.5. The number of hydrogen-bond acceptors (Lipinski definition) is 2. The zero-order chi connectivity index (χ0) is 12.0. The third-order valence-corrected chi connectivity index (χ3v) is 2.78. The number of rotatable bonds is 2. The van der Waals surface area contributed by atoms with E-state index in [9.17, 15) is 0 Å². The van der Waals surface area contributed by atoms with Gasteiger partial charge in [0.25, 0.3) is 0 Å². The monoisotopic (exact) mass is 221 g/mol. The minimum Gasteiger partial charge on any atom is -0.495 e. The molecule has 0 bridgehead atoms. The maximum Gasteiger partial charge on any atom is 0.142 e. The zero-order valence-electron chi connectivity index (χ0n) is 10.9. The second-order valence-electron chi connectivity index (χ2n) is 3.87. The van der Waals surface area contributed by atoms with Crippen LogP contribution in [0.5, 0.6) is 5.75 Å². The Hall–Kier alpha value is -1.18. The van der Waals surface area contributed by atoms with Crippen molar-refractivity contribution in [1.29, 1.82) is 0 Å². The molecule has 2 heteroatoms. The number of ether oxygens (including phenoxy) is 1. The van der Waals surface area contributed by atoms with Crippen molar-refractivity contribution in [2.24, 2.45) is 0 Å². The predicted molar refractivity (Wildman–Crippen MR) is 70.5 cm³/mol. The summed E-state index contributed by atoms with van der Waals surface area (Å²) in [7, 11) is 1.74. The van der Waals surface area contributed by atoms with E-state index in [1.807, 2.05) is 13.8 Å². The van der Waals surface area contributed by atoms with Crippen LogP contribution in [0.4, 0.5) is 5.69 Å². The second-order valence-corrected chi connectivity index (χ2v) is 3.87. The average molecular weight is 221 g/mol. The number of methoxy groups -OCH3 is 1. The number of aryl methyl sites for hydroxylation is 1. The lowest BCUT2D eigenvalue weighted by Gasteiger charge is -2.20. The number of nitrogens with zero attached hydrogens (tertiary/aromatic N) is 1. The van der Waals surface area contributed by atoms with Gasteiger partial charge in [0.05, 0.1) is 12.8 Å². The maximum atomic E-state index is 5.40. The molecular weight excluding hydrogens is 198 g/mol. The van der Waals surface area contributed by atoms with Gasteiger partial charge >= 0.3 is 0 Å². The van der Waals surface area contributed by atoms with Gasteiger partial charge in [-0.2, -0.15) is 0 Å². The van der Waals surface area contributed by atoms with Gasteiger partial charge in [-0.1, -0.05) is 19.9 Å². The van der Waals surface area contributed by atoms with E-state index in [4.69, 9.17) is 4.74 Å². The van der Waals surface area contributed by atoms with Crippen molar-refractivity contribution >= 4 is 5.69 Å². The van der Waals surface area contributed by atoms with Crippen LogP contribution in [-0.2, 0) is 0 Å². The van der Waals surface area contributed by atoms with Crippen molar-refractivity contribution in [2.45, 2.75) is 33.6 Å². The molecule has 1 aromatic rings. The predicted octanol–water partition coefficient (Wildman–Crippen LogP) is 3.63. The van der Waals surface area contributed by atoms with E-state index in [2.05, 4.69) is 30.0 Å². The van der Waals surface area contributed by atoms with E-state index in [-0.39, 0.29) is 0 Å². The minimum absolute atomic E-state index is 1.01. The molecule has 0 spiro atoms. The lowest BCUT2D eigenvalue weighted by atomic mass is 10.2. The Bertz CT molecular complexity index is 317. The fourth-order valence-corrected chi connectivity index (χ4v) is 2.00. The van der Waals surface area contributed by atoms with Gasteiger partial charge in [0.1, 0.15) is 5.75 Å². The van der Waals surface area contributed by atoms with E-state index >= 15 is 0 Å². The van der Waals surface area contributed by atoms with E-state index in [1.165, 1.54) is 37.2 Å². The smallest absolute Gasteiger partial charge is 0.142 e. The molecule has 0 aliphatic carbocycles. The number of anilines is 1. The van der Waals surface area contributed by atoms with Crippen LogP contribution in [0.1, 0.15) is 32.3 Å². The summed E-state index contributed by atoms with van der Waals surface area (Å²) >= 11 is 0. The van der Waals surface area contributed by atoms with Crippen molar-refractivity contribution in [3.63, 3.8) is 0 Å². The topological polar surface area (TPSA) is 12.5 Å². The van der Waals surface area contributed by atoms with E-state index < -0.39 is 0 Å². The van der Waals surface area contributed by atoms with Gasteiger partial charge in [-0.3, -0.25) is 0 Å². The van der Waals surface area contributed by atoms with E-state index in [0.717, 1.165) is 5.75 Å². The van der Waals surface area contributed by atoms with Crippen LogP contribution in [0.15, 0.2) is 18.2 Å². The molecule has 0 saturated carbocycles. The fourth-order valence-electron chi connectivity index (χ4n) is 2.00. The summed E-state index contributed by atoms with van der Waals surface area (Å²) in [6, 6.07) is 6.42. The van der Waals surface area contributed by atoms with Crippen LogP contribution in [0.25, 0.3) is 0 Å². The summed E-state index contributed by atoms with van der Waals surface area (Å²) in [5.41, 5.74) is 2.50. The van der Waals surface area contributed by atoms with Crippen LogP contribution in [0, 0.1) is 6.92 Å². The Labute approximate surface area is 99.2 Å². The van der Waals surface area contributed by atoms with Gasteiger partial charge in [-0.05, 0) is 37.5 Å². The van der Waals surface area contributed by atoms with E-state index in [1.54, 1.807) is 7.11 Å². The molecule has 0 unspecified atom stereocenters. The first-order valence-corrected chi connectivity index (χ1v) is 6.21. The highest BCUT2D eigenvalue weighted by Crippen LogP contribution is 2.31. The van der Waals surface area contributed by atoms with Crippen LogP contribution < -0.4 is 9.64 Å². The molecule has 2 nitrogen and oxygen atoms in total. The summed E-state index contributed by atoms with van der Waals surface area (Å²) in [4.78, 5) is 2.40. The molecule has 0 amide bonds. The summed E-state index contributed by atoms with van der Waals surface area (Å²) in [5.74, 6) is 1.01. The van der Waals surface area contributed by atoms with Crippen LogP contribution in [-0.4, -0.2) is 20.2 Å². The Balaban J connectivity index is 0.000000606. The van der Waals surface area contributed by atoms with Crippen LogP contribution in [0.3, 0.4) is 0 Å². The molecule has 0 N–H and O–H groups in total. The lowest BCUT2D eigenvalue weighted by Crippen LogP contribution is -2.18. The van der Waals surface area contributed by atoms with Crippen molar-refractivity contribution in [3.05, 3.63) is 23.8 Å². The molecule has 1 aromatic carbocycles. The molecule has 1 aliphatic rings. The van der Waals surface area contributed by atoms with Crippen LogP contribution >= 0.6 is 0 Å². The normalized spacial score (nSPS) is 14.4. The SMILES string of the molecule is CC.COc1cc(C)ccc1N1CCCC1. The highest BCUT2D eigenvalue weighted by Gasteiger charge is 2.15. The molecule has 1 aliphatic heterocycles. The minimum atomic E-state index is 1.01. The molecule has 1 fully saturated rings. The van der Waals surface area contributed by atoms with Crippen molar-refractivity contribution in [2.75, 3.05) is 25.1 Å². The summed E-state index contributed by atoms with van der Waals surface area (Å²) in [5, 5.41) is 0. The molecule has 16 heavy (non-hydrogen) atoms. The first-order valence-electron chi connectivity index (χ1n) is 6.21. The molecule has 90 valence electrons. The molecule has 0 radical (unpaired) electrons. The zero-order valence-corrected chi connectivity index (χ0v) is 10.9. The van der Waals surface area contributed by atoms with Crippen molar-refractivity contribution < 1.29 is 4.74 Å². The second kappa shape index (κ2) is 6.41. The van der Waals surface area contributed by atoms with Gasteiger partial charge in [0, 0.05) is 13.1 Å². The van der Waals surface area contributed by atoms with Gasteiger partial charge < -0.3 is 9.64 Å². The molecule has 1 heterocycles. The average Bonchev–Trinajstić information content (AvgIpc) is 2.85. The number of hydrogen-bond donors (Lipinski definition) is 0. The first kappa shape index (κ1) is 12.9. The molecule has 2 rings (SSSR count). The Morgan fingerprint density at radius 1 is 1.12 bits per heavy atom. The quantitative estimate of drug-likeness (QED) is 0.756. The summed E-state index contributed by atoms with van der Waals surface area (Å²) in [6.45, 7) is 8.43. The van der Waals surface area contributed by atoms with Crippen molar-refractivity contribution in [3.8, 4) is 5.75 Å². The molecule has 0 aromatic heterocycles. The van der Waals surface area contributed by atoms with Gasteiger partial charge in [-0.25, -0.2) is 0 Å². The molecular formula is C14H23NO. The summed E-state index contributed by atoms with van der Waals surface area (Å²) in [6.07, 6.45) is 2.61. The first-order chi connectivity index (χ1) is 7.81. The van der Waals surface area contributed by atoms with Crippen molar-refractivity contribution in [1.82, 2.24) is 0 Å². The largest absolute Gasteiger partial charge is 0.495 e. The maximum absolute atomic E-state index is 5.40. The third-order valence-electron chi connectivity index (χ3n) is 2.78. The van der Waals surface area contributed by atoms with Crippen LogP contribution in [0.2, 0.25) is 0 Å². The summed E-state index contributed by atoms with van der Waals surface area (Å²) < 4.78 is 5.40. The third kappa shape index (κ3) is 2.91. The Kier molecular flexibility index (Phi) is 5.17. The highest BCUT2D eigenvalue weighted by molar-refractivity contribution is 5.60. The fraction of sp³-hybridized carbons (Fsp3) is 0.571. The van der Waals surface area contributed by atoms with E-state index in [0.29, 0.717) is 0 Å². The Morgan fingerprint density at radius 3 is 2.31 bits per heavy atom. The molecule has 0 atom stereocenters. The van der Waals surface area contributed by atoms with Gasteiger partial charge in [-0.15, -0.1) is 0 Å². The van der Waals surface area contributed by atoms with Gasteiger partial charge in [0.15, 0.2) is 0 Å².